The molecule has 0 radical (unpaired) electrons. The predicted octanol–water partition coefficient (Wildman–Crippen LogP) is 4.00. The number of hydrogen-bond acceptors (Lipinski definition) is 3. The molecule has 1 fully saturated rings. The number of halogens is 2. The van der Waals surface area contributed by atoms with Crippen molar-refractivity contribution in [2.24, 2.45) is 0 Å². The number of urea groups is 1. The summed E-state index contributed by atoms with van der Waals surface area (Å²) in [7, 11) is 1.54. The summed E-state index contributed by atoms with van der Waals surface area (Å²) in [4.78, 5) is 28.0. The molecule has 7 heteroatoms. The quantitative estimate of drug-likeness (QED) is 0.786. The van der Waals surface area contributed by atoms with Gasteiger partial charge in [0, 0.05) is 11.9 Å². The summed E-state index contributed by atoms with van der Waals surface area (Å²) in [5.74, 6) is -0.930. The van der Waals surface area contributed by atoms with Gasteiger partial charge in [0.05, 0.1) is 10.7 Å². The molecule has 1 atom stereocenters. The van der Waals surface area contributed by atoms with Gasteiger partial charge in [-0.1, -0.05) is 41.6 Å². The van der Waals surface area contributed by atoms with Gasteiger partial charge in [-0.25, -0.2) is 14.1 Å². The van der Waals surface area contributed by atoms with E-state index in [2.05, 4.69) is 0 Å². The molecule has 1 aliphatic heterocycles. The van der Waals surface area contributed by atoms with Gasteiger partial charge in [-0.15, -0.1) is 0 Å². The summed E-state index contributed by atoms with van der Waals surface area (Å²) in [5, 5.41) is -0.235. The number of rotatable bonds is 3. The third kappa shape index (κ3) is 2.92. The van der Waals surface area contributed by atoms with Gasteiger partial charge in [0.15, 0.2) is 5.37 Å². The van der Waals surface area contributed by atoms with Crippen LogP contribution in [0.15, 0.2) is 53.4 Å². The predicted molar refractivity (Wildman–Crippen MR) is 88.1 cm³/mol. The second-order valence-electron chi connectivity index (χ2n) is 4.95. The van der Waals surface area contributed by atoms with Crippen LogP contribution in [0.5, 0.6) is 0 Å². The lowest BCUT2D eigenvalue weighted by Gasteiger charge is -2.15. The molecular formula is C16H12ClFN2O2S. The Morgan fingerprint density at radius 2 is 1.87 bits per heavy atom. The van der Waals surface area contributed by atoms with Crippen molar-refractivity contribution in [2.75, 3.05) is 11.9 Å². The largest absolute Gasteiger partial charge is 0.332 e. The number of benzene rings is 2. The van der Waals surface area contributed by atoms with Crippen molar-refractivity contribution >= 4 is 41.0 Å². The van der Waals surface area contributed by atoms with Crippen LogP contribution < -0.4 is 4.90 Å². The molecule has 1 heterocycles. The summed E-state index contributed by atoms with van der Waals surface area (Å²) in [6, 6.07) is 12.0. The highest BCUT2D eigenvalue weighted by molar-refractivity contribution is 8.00. The van der Waals surface area contributed by atoms with Crippen molar-refractivity contribution in [1.82, 2.24) is 4.90 Å². The Balaban J connectivity index is 1.91. The van der Waals surface area contributed by atoms with Crippen LogP contribution in [-0.4, -0.2) is 29.3 Å². The van der Waals surface area contributed by atoms with E-state index in [9.17, 15) is 14.0 Å². The van der Waals surface area contributed by atoms with E-state index in [1.807, 2.05) is 0 Å². The van der Waals surface area contributed by atoms with Gasteiger partial charge >= 0.3 is 6.03 Å². The van der Waals surface area contributed by atoms with E-state index >= 15 is 0 Å². The van der Waals surface area contributed by atoms with Gasteiger partial charge in [0.1, 0.15) is 5.82 Å². The zero-order chi connectivity index (χ0) is 16.6. The summed E-state index contributed by atoms with van der Waals surface area (Å²) >= 11 is 7.30. The van der Waals surface area contributed by atoms with Crippen molar-refractivity contribution in [2.45, 2.75) is 10.3 Å². The topological polar surface area (TPSA) is 40.6 Å². The highest BCUT2D eigenvalue weighted by atomic mass is 35.5. The molecule has 1 aliphatic rings. The van der Waals surface area contributed by atoms with Crippen LogP contribution in [0.2, 0.25) is 5.02 Å². The van der Waals surface area contributed by atoms with Gasteiger partial charge in [-0.2, -0.15) is 0 Å². The van der Waals surface area contributed by atoms with E-state index in [1.165, 1.54) is 41.9 Å². The van der Waals surface area contributed by atoms with Crippen LogP contribution in [0.4, 0.5) is 14.9 Å². The minimum absolute atomic E-state index is 0.217. The summed E-state index contributed by atoms with van der Waals surface area (Å²) in [6.45, 7) is 0. The van der Waals surface area contributed by atoms with Crippen LogP contribution in [0.25, 0.3) is 0 Å². The highest BCUT2D eigenvalue weighted by Gasteiger charge is 2.44. The van der Waals surface area contributed by atoms with E-state index in [0.29, 0.717) is 9.92 Å². The molecule has 0 N–H and O–H groups in total. The normalized spacial score (nSPS) is 18.0. The van der Waals surface area contributed by atoms with Crippen LogP contribution in [0.3, 0.4) is 0 Å². The molecule has 118 valence electrons. The minimum atomic E-state index is -0.745. The van der Waals surface area contributed by atoms with Crippen molar-refractivity contribution in [1.29, 1.82) is 0 Å². The number of hydrogen-bond donors (Lipinski definition) is 0. The second kappa shape index (κ2) is 6.22. The van der Waals surface area contributed by atoms with E-state index in [4.69, 9.17) is 11.6 Å². The molecule has 3 rings (SSSR count). The number of nitrogens with zero attached hydrogens (tertiary/aromatic N) is 2. The smallest absolute Gasteiger partial charge is 0.306 e. The highest BCUT2D eigenvalue weighted by Crippen LogP contribution is 2.36. The number of anilines is 1. The fraction of sp³-hybridized carbons (Fsp3) is 0.125. The average molecular weight is 351 g/mol. The summed E-state index contributed by atoms with van der Waals surface area (Å²) in [6.07, 6.45) is 0. The monoisotopic (exact) mass is 350 g/mol. The van der Waals surface area contributed by atoms with Gasteiger partial charge in [-0.3, -0.25) is 4.79 Å². The van der Waals surface area contributed by atoms with Crippen molar-refractivity contribution in [3.8, 4) is 0 Å². The third-order valence-corrected chi connectivity index (χ3v) is 5.21. The molecular weight excluding hydrogens is 339 g/mol. The Hall–Kier alpha value is -2.05. The first-order valence-electron chi connectivity index (χ1n) is 6.76. The van der Waals surface area contributed by atoms with Gasteiger partial charge in [0.25, 0.3) is 5.91 Å². The van der Waals surface area contributed by atoms with E-state index in [-0.39, 0.29) is 5.69 Å². The number of likely N-dealkylation sites (N-methyl/N-ethyl adjacent to an activating group) is 1. The average Bonchev–Trinajstić information content (AvgIpc) is 2.73. The molecule has 3 amide bonds. The first-order valence-corrected chi connectivity index (χ1v) is 8.02. The zero-order valence-corrected chi connectivity index (χ0v) is 13.6. The van der Waals surface area contributed by atoms with Gasteiger partial charge < -0.3 is 4.90 Å². The minimum Gasteiger partial charge on any atom is -0.306 e. The fourth-order valence-electron chi connectivity index (χ4n) is 2.27. The summed E-state index contributed by atoms with van der Waals surface area (Å²) in [5.41, 5.74) is 0.217. The summed E-state index contributed by atoms with van der Waals surface area (Å²) < 4.78 is 13.4. The van der Waals surface area contributed by atoms with Crippen LogP contribution in [0, 0.1) is 5.82 Å². The van der Waals surface area contributed by atoms with Crippen molar-refractivity contribution in [3.63, 3.8) is 0 Å². The zero-order valence-electron chi connectivity index (χ0n) is 12.1. The lowest BCUT2D eigenvalue weighted by Crippen LogP contribution is -2.31. The van der Waals surface area contributed by atoms with E-state index in [0.717, 1.165) is 11.0 Å². The molecule has 0 saturated carbocycles. The van der Waals surface area contributed by atoms with Crippen LogP contribution >= 0.6 is 23.4 Å². The maximum absolute atomic E-state index is 13.4. The molecule has 0 aliphatic carbocycles. The Labute approximate surface area is 141 Å². The van der Waals surface area contributed by atoms with Gasteiger partial charge in [0.2, 0.25) is 0 Å². The molecule has 2 aromatic rings. The number of carbonyl (C=O) groups excluding carboxylic acids is 2. The molecule has 0 aromatic heterocycles. The SMILES string of the molecule is CN1C(=O)N(c2cccc(F)c2)C(=O)C1Sc1ccccc1Cl. The Bertz CT molecular complexity index is 786. The number of thioether (sulfide) groups is 1. The molecule has 23 heavy (non-hydrogen) atoms. The lowest BCUT2D eigenvalue weighted by atomic mass is 10.3. The number of carbonyl (C=O) groups is 2. The lowest BCUT2D eigenvalue weighted by molar-refractivity contribution is -0.117. The first kappa shape index (κ1) is 15.8. The maximum atomic E-state index is 13.4. The standard InChI is InChI=1S/C16H12ClFN2O2S/c1-19-15(23-13-8-3-2-7-12(13)17)14(21)20(16(19)22)11-6-4-5-10(18)9-11/h2-9,15H,1H3. The fourth-order valence-corrected chi connectivity index (χ4v) is 3.57. The van der Waals surface area contributed by atoms with Crippen molar-refractivity contribution in [3.05, 3.63) is 59.4 Å². The Kier molecular flexibility index (Phi) is 4.28. The van der Waals surface area contributed by atoms with Crippen molar-refractivity contribution < 1.29 is 14.0 Å². The van der Waals surface area contributed by atoms with E-state index < -0.39 is 23.1 Å². The van der Waals surface area contributed by atoms with Crippen LogP contribution in [-0.2, 0) is 4.79 Å². The molecule has 0 bridgehead atoms. The van der Waals surface area contributed by atoms with E-state index in [1.54, 1.807) is 24.3 Å². The third-order valence-electron chi connectivity index (χ3n) is 3.42. The van der Waals surface area contributed by atoms with Crippen LogP contribution in [0.1, 0.15) is 0 Å². The molecule has 1 unspecified atom stereocenters. The first-order chi connectivity index (χ1) is 11.0. The van der Waals surface area contributed by atoms with Gasteiger partial charge in [-0.05, 0) is 30.3 Å². The molecule has 0 spiro atoms. The Morgan fingerprint density at radius 3 is 2.57 bits per heavy atom. The number of amides is 3. The Morgan fingerprint density at radius 1 is 1.13 bits per heavy atom. The molecule has 4 nitrogen and oxygen atoms in total. The number of imide groups is 1. The maximum Gasteiger partial charge on any atom is 0.332 e. The molecule has 2 aromatic carbocycles. The second-order valence-corrected chi connectivity index (χ2v) is 6.48. The molecule has 1 saturated heterocycles.